The fourth-order valence-corrected chi connectivity index (χ4v) is 3.37. The zero-order chi connectivity index (χ0) is 16.7. The van der Waals surface area contributed by atoms with Crippen LogP contribution < -0.4 is 0 Å². The number of hydrogen-bond donors (Lipinski definition) is 2. The number of carbonyl (C=O) groups is 1. The number of aromatic nitrogens is 4. The van der Waals surface area contributed by atoms with E-state index in [9.17, 15) is 9.90 Å². The second-order valence-electron chi connectivity index (χ2n) is 6.72. The topological polar surface area (TPSA) is 96.4 Å². The summed E-state index contributed by atoms with van der Waals surface area (Å²) in [5.74, 6) is 0.188. The van der Waals surface area contributed by atoms with Crippen molar-refractivity contribution in [3.8, 4) is 0 Å². The van der Waals surface area contributed by atoms with Gasteiger partial charge in [-0.3, -0.25) is 9.48 Å². The molecule has 0 spiro atoms. The van der Waals surface area contributed by atoms with Gasteiger partial charge in [0.25, 0.3) is 0 Å². The van der Waals surface area contributed by atoms with E-state index in [1.165, 1.54) is 0 Å². The molecule has 1 aliphatic carbocycles. The van der Waals surface area contributed by atoms with E-state index >= 15 is 0 Å². The highest BCUT2D eigenvalue weighted by atomic mass is 16.3. The molecule has 0 saturated heterocycles. The molecule has 1 aliphatic heterocycles. The average molecular weight is 331 g/mol. The second-order valence-corrected chi connectivity index (χ2v) is 6.72. The summed E-state index contributed by atoms with van der Waals surface area (Å²) in [6.07, 6.45) is 6.22. The van der Waals surface area contributed by atoms with Crippen molar-refractivity contribution in [3.63, 3.8) is 0 Å². The Morgan fingerprint density at radius 2 is 2.21 bits per heavy atom. The van der Waals surface area contributed by atoms with Gasteiger partial charge in [-0.25, -0.2) is 4.98 Å². The zero-order valence-electron chi connectivity index (χ0n) is 13.4. The van der Waals surface area contributed by atoms with Gasteiger partial charge in [-0.05, 0) is 18.9 Å². The van der Waals surface area contributed by atoms with Crippen LogP contribution in [0.25, 0.3) is 0 Å². The first-order valence-electron chi connectivity index (χ1n) is 8.22. The van der Waals surface area contributed by atoms with Crippen molar-refractivity contribution in [1.29, 1.82) is 0 Å². The molecule has 2 aromatic heterocycles. The lowest BCUT2D eigenvalue weighted by Gasteiger charge is -2.31. The van der Waals surface area contributed by atoms with Crippen LogP contribution in [0.3, 0.4) is 0 Å². The molecule has 2 N–H and O–H groups in total. The van der Waals surface area contributed by atoms with Crippen LogP contribution in [0.4, 0.5) is 0 Å². The minimum absolute atomic E-state index is 0.188. The minimum atomic E-state index is -0.969. The van der Waals surface area contributed by atoms with Gasteiger partial charge in [0.05, 0.1) is 42.8 Å². The van der Waals surface area contributed by atoms with Crippen molar-refractivity contribution in [2.24, 2.45) is 5.41 Å². The van der Waals surface area contributed by atoms with Gasteiger partial charge in [-0.1, -0.05) is 0 Å². The Labute approximate surface area is 139 Å². The molecule has 8 heteroatoms. The molecule has 8 nitrogen and oxygen atoms in total. The SMILES string of the molecule is O=C(N1CCn2nc([C@H](O)CO)cc2C1)C1(Cn2ccnc2)CC1. The van der Waals surface area contributed by atoms with Gasteiger partial charge in [0, 0.05) is 25.5 Å². The molecule has 1 atom stereocenters. The predicted molar refractivity (Wildman–Crippen MR) is 83.6 cm³/mol. The van der Waals surface area contributed by atoms with Gasteiger partial charge in [0.1, 0.15) is 6.10 Å². The maximum absolute atomic E-state index is 13.0. The molecule has 2 aromatic rings. The molecule has 1 amide bonds. The number of fused-ring (bicyclic) bond motifs is 1. The molecular formula is C16H21N5O3. The Balaban J connectivity index is 1.48. The Bertz CT molecular complexity index is 735. The summed E-state index contributed by atoms with van der Waals surface area (Å²) < 4.78 is 3.78. The van der Waals surface area contributed by atoms with Crippen molar-refractivity contribution >= 4 is 5.91 Å². The highest BCUT2D eigenvalue weighted by Crippen LogP contribution is 2.49. The first-order valence-corrected chi connectivity index (χ1v) is 8.22. The third-order valence-corrected chi connectivity index (χ3v) is 4.97. The number of aliphatic hydroxyl groups is 2. The van der Waals surface area contributed by atoms with E-state index in [1.807, 2.05) is 20.3 Å². The molecule has 3 heterocycles. The fourth-order valence-electron chi connectivity index (χ4n) is 3.37. The second kappa shape index (κ2) is 5.71. The van der Waals surface area contributed by atoms with E-state index in [-0.39, 0.29) is 17.9 Å². The van der Waals surface area contributed by atoms with E-state index in [4.69, 9.17) is 5.11 Å². The number of carbonyl (C=O) groups excluding carboxylic acids is 1. The third-order valence-electron chi connectivity index (χ3n) is 4.97. The molecule has 4 rings (SSSR count). The lowest BCUT2D eigenvalue weighted by atomic mass is 10.0. The molecule has 0 radical (unpaired) electrons. The van der Waals surface area contributed by atoms with Crippen molar-refractivity contribution in [2.45, 2.75) is 38.6 Å². The number of rotatable bonds is 5. The summed E-state index contributed by atoms with van der Waals surface area (Å²) in [5.41, 5.74) is 1.06. The maximum atomic E-state index is 13.0. The Hall–Kier alpha value is -2.19. The van der Waals surface area contributed by atoms with E-state index < -0.39 is 6.10 Å². The van der Waals surface area contributed by atoms with Crippen LogP contribution in [-0.2, 0) is 24.4 Å². The number of nitrogens with zero attached hydrogens (tertiary/aromatic N) is 5. The standard InChI is InChI=1S/C16H21N5O3/c22-9-14(23)13-7-12-8-20(5-6-21(12)18-13)15(24)16(1-2-16)10-19-4-3-17-11-19/h3-4,7,11,14,22-23H,1-2,5-6,8-10H2/t14-/m1/s1. The summed E-state index contributed by atoms with van der Waals surface area (Å²) in [6, 6.07) is 1.77. The smallest absolute Gasteiger partial charge is 0.231 e. The van der Waals surface area contributed by atoms with Gasteiger partial charge in [-0.15, -0.1) is 0 Å². The van der Waals surface area contributed by atoms with Crippen LogP contribution >= 0.6 is 0 Å². The van der Waals surface area contributed by atoms with Crippen molar-refractivity contribution < 1.29 is 15.0 Å². The van der Waals surface area contributed by atoms with Crippen molar-refractivity contribution in [2.75, 3.05) is 13.2 Å². The number of amides is 1. The average Bonchev–Trinajstić information content (AvgIpc) is 3.00. The quantitative estimate of drug-likeness (QED) is 0.799. The van der Waals surface area contributed by atoms with Gasteiger partial charge in [0.2, 0.25) is 5.91 Å². The molecule has 0 unspecified atom stereocenters. The normalized spacial score (nSPS) is 19.8. The first-order chi connectivity index (χ1) is 11.6. The molecular weight excluding hydrogens is 310 g/mol. The van der Waals surface area contributed by atoms with E-state index in [0.29, 0.717) is 31.9 Å². The number of aliphatic hydroxyl groups excluding tert-OH is 2. The highest BCUT2D eigenvalue weighted by molar-refractivity contribution is 5.85. The van der Waals surface area contributed by atoms with Crippen LogP contribution in [0, 0.1) is 5.41 Å². The lowest BCUT2D eigenvalue weighted by Crippen LogP contribution is -2.43. The first kappa shape index (κ1) is 15.3. The van der Waals surface area contributed by atoms with Gasteiger partial charge in [0.15, 0.2) is 0 Å². The predicted octanol–water partition coefficient (Wildman–Crippen LogP) is -0.0721. The molecule has 0 aromatic carbocycles. The number of imidazole rings is 1. The Morgan fingerprint density at radius 1 is 1.38 bits per heavy atom. The molecule has 1 saturated carbocycles. The van der Waals surface area contributed by atoms with Crippen LogP contribution in [-0.4, -0.2) is 53.5 Å². The van der Waals surface area contributed by atoms with Gasteiger partial charge < -0.3 is 19.7 Å². The van der Waals surface area contributed by atoms with Crippen molar-refractivity contribution in [3.05, 3.63) is 36.2 Å². The highest BCUT2D eigenvalue weighted by Gasteiger charge is 2.52. The molecule has 0 bridgehead atoms. The summed E-state index contributed by atoms with van der Waals surface area (Å²) in [6.45, 7) is 2.05. The third kappa shape index (κ3) is 2.61. The van der Waals surface area contributed by atoms with E-state index in [1.54, 1.807) is 18.6 Å². The fraction of sp³-hybridized carbons (Fsp3) is 0.562. The van der Waals surface area contributed by atoms with Crippen molar-refractivity contribution in [1.82, 2.24) is 24.2 Å². The lowest BCUT2D eigenvalue weighted by molar-refractivity contribution is -0.139. The summed E-state index contributed by atoms with van der Waals surface area (Å²) >= 11 is 0. The molecule has 2 aliphatic rings. The van der Waals surface area contributed by atoms with Gasteiger partial charge >= 0.3 is 0 Å². The largest absolute Gasteiger partial charge is 0.393 e. The zero-order valence-corrected chi connectivity index (χ0v) is 13.4. The molecule has 128 valence electrons. The van der Waals surface area contributed by atoms with E-state index in [0.717, 1.165) is 18.5 Å². The van der Waals surface area contributed by atoms with Crippen LogP contribution in [0.15, 0.2) is 24.8 Å². The Morgan fingerprint density at radius 3 is 2.88 bits per heavy atom. The number of hydrogen-bond acceptors (Lipinski definition) is 5. The van der Waals surface area contributed by atoms with Crippen LogP contribution in [0.5, 0.6) is 0 Å². The molecule has 24 heavy (non-hydrogen) atoms. The maximum Gasteiger partial charge on any atom is 0.231 e. The van der Waals surface area contributed by atoms with Crippen LogP contribution in [0.1, 0.15) is 30.3 Å². The Kier molecular flexibility index (Phi) is 3.65. The van der Waals surface area contributed by atoms with Gasteiger partial charge in [-0.2, -0.15) is 5.10 Å². The monoisotopic (exact) mass is 331 g/mol. The van der Waals surface area contributed by atoms with Crippen LogP contribution in [0.2, 0.25) is 0 Å². The summed E-state index contributed by atoms with van der Waals surface area (Å²) in [7, 11) is 0. The molecule has 1 fully saturated rings. The van der Waals surface area contributed by atoms with E-state index in [2.05, 4.69) is 10.1 Å². The minimum Gasteiger partial charge on any atom is -0.393 e. The summed E-state index contributed by atoms with van der Waals surface area (Å²) in [4.78, 5) is 18.9. The summed E-state index contributed by atoms with van der Waals surface area (Å²) in [5, 5.41) is 23.1.